The number of para-hydroxylation sites is 1. The van der Waals surface area contributed by atoms with Crippen molar-refractivity contribution >= 4 is 22.5 Å². The minimum atomic E-state index is -0.472. The second-order valence-corrected chi connectivity index (χ2v) is 4.09. The van der Waals surface area contributed by atoms with Crippen LogP contribution in [0, 0.1) is 6.92 Å². The number of ether oxygens (including phenoxy) is 1. The molecule has 0 amide bonds. The Labute approximate surface area is 96.8 Å². The van der Waals surface area contributed by atoms with Crippen molar-refractivity contribution in [3.8, 4) is 5.75 Å². The molecular formula is C11H10N2O2S. The quantitative estimate of drug-likeness (QED) is 0.639. The number of nitrogens with two attached hydrogens (primary N) is 1. The van der Waals surface area contributed by atoms with Gasteiger partial charge in [0.05, 0.1) is 6.20 Å². The van der Waals surface area contributed by atoms with Gasteiger partial charge < -0.3 is 10.5 Å². The molecular weight excluding hydrogens is 224 g/mol. The van der Waals surface area contributed by atoms with E-state index in [9.17, 15) is 4.79 Å². The Hall–Kier alpha value is -1.88. The summed E-state index contributed by atoms with van der Waals surface area (Å²) in [7, 11) is 0. The molecule has 1 aromatic carbocycles. The van der Waals surface area contributed by atoms with E-state index in [0.717, 1.165) is 17.1 Å². The molecule has 0 bridgehead atoms. The van der Waals surface area contributed by atoms with Gasteiger partial charge in [-0.25, -0.2) is 4.79 Å². The maximum absolute atomic E-state index is 11.7. The van der Waals surface area contributed by atoms with Crippen molar-refractivity contribution in [2.75, 3.05) is 5.73 Å². The van der Waals surface area contributed by atoms with Gasteiger partial charge in [0.1, 0.15) is 16.3 Å². The van der Waals surface area contributed by atoms with Crippen molar-refractivity contribution in [1.82, 2.24) is 4.37 Å². The number of rotatable bonds is 2. The first-order valence-corrected chi connectivity index (χ1v) is 5.44. The molecule has 1 aromatic heterocycles. The van der Waals surface area contributed by atoms with Crippen LogP contribution in [0.25, 0.3) is 0 Å². The number of esters is 1. The first-order valence-electron chi connectivity index (χ1n) is 4.66. The first-order chi connectivity index (χ1) is 7.68. The van der Waals surface area contributed by atoms with Gasteiger partial charge in [-0.3, -0.25) is 0 Å². The number of hydrogen-bond donors (Lipinski definition) is 1. The van der Waals surface area contributed by atoms with E-state index in [4.69, 9.17) is 10.5 Å². The molecule has 0 radical (unpaired) electrons. The van der Waals surface area contributed by atoms with Gasteiger partial charge in [-0.1, -0.05) is 18.2 Å². The van der Waals surface area contributed by atoms with E-state index in [1.54, 1.807) is 6.07 Å². The Morgan fingerprint density at radius 2 is 2.19 bits per heavy atom. The number of hydrogen-bond acceptors (Lipinski definition) is 5. The van der Waals surface area contributed by atoms with Crippen LogP contribution in [0.3, 0.4) is 0 Å². The predicted octanol–water partition coefficient (Wildman–Crippen LogP) is 2.25. The minimum absolute atomic E-state index is 0.313. The smallest absolute Gasteiger partial charge is 0.348 e. The van der Waals surface area contributed by atoms with Gasteiger partial charge in [-0.05, 0) is 30.1 Å². The highest BCUT2D eigenvalue weighted by atomic mass is 32.1. The monoisotopic (exact) mass is 234 g/mol. The summed E-state index contributed by atoms with van der Waals surface area (Å²) in [6.45, 7) is 1.87. The van der Waals surface area contributed by atoms with Crippen molar-refractivity contribution in [2.45, 2.75) is 6.92 Å². The Morgan fingerprint density at radius 1 is 1.44 bits per heavy atom. The second kappa shape index (κ2) is 4.32. The number of carbonyl (C=O) groups is 1. The van der Waals surface area contributed by atoms with E-state index in [-0.39, 0.29) is 0 Å². The van der Waals surface area contributed by atoms with Crippen molar-refractivity contribution in [3.05, 3.63) is 41.6 Å². The summed E-state index contributed by atoms with van der Waals surface area (Å²) in [5.41, 5.74) is 6.80. The van der Waals surface area contributed by atoms with Gasteiger partial charge in [-0.2, -0.15) is 4.37 Å². The Balaban J connectivity index is 2.21. The predicted molar refractivity (Wildman–Crippen MR) is 62.7 cm³/mol. The summed E-state index contributed by atoms with van der Waals surface area (Å²) in [6, 6.07) is 7.30. The maximum atomic E-state index is 11.7. The number of anilines is 1. The molecule has 16 heavy (non-hydrogen) atoms. The van der Waals surface area contributed by atoms with E-state index >= 15 is 0 Å². The van der Waals surface area contributed by atoms with Crippen molar-refractivity contribution in [1.29, 1.82) is 0 Å². The van der Waals surface area contributed by atoms with Crippen molar-refractivity contribution in [2.24, 2.45) is 0 Å². The van der Waals surface area contributed by atoms with Gasteiger partial charge in [0.2, 0.25) is 0 Å². The third-order valence-electron chi connectivity index (χ3n) is 2.11. The molecule has 0 atom stereocenters. The van der Waals surface area contributed by atoms with Crippen molar-refractivity contribution < 1.29 is 9.53 Å². The highest BCUT2D eigenvalue weighted by Gasteiger charge is 2.14. The maximum Gasteiger partial charge on any atom is 0.348 e. The highest BCUT2D eigenvalue weighted by molar-refractivity contribution is 7.10. The average Bonchev–Trinajstić information content (AvgIpc) is 2.68. The number of aromatic nitrogens is 1. The zero-order chi connectivity index (χ0) is 11.5. The van der Waals surface area contributed by atoms with Crippen LogP contribution in [0.4, 0.5) is 5.00 Å². The summed E-state index contributed by atoms with van der Waals surface area (Å²) in [5.74, 6) is 0.0682. The standard InChI is InChI=1S/C11H10N2O2S/c1-7-4-2-3-5-9(7)15-11(14)8-6-13-16-10(8)12/h2-6H,12H2,1H3. The molecule has 0 spiro atoms. The van der Waals surface area contributed by atoms with Gasteiger partial charge >= 0.3 is 5.97 Å². The Morgan fingerprint density at radius 3 is 2.81 bits per heavy atom. The number of benzene rings is 1. The van der Waals surface area contributed by atoms with E-state index in [2.05, 4.69) is 4.37 Å². The molecule has 0 saturated heterocycles. The molecule has 2 rings (SSSR count). The third-order valence-corrected chi connectivity index (χ3v) is 2.74. The van der Waals surface area contributed by atoms with E-state index in [0.29, 0.717) is 16.3 Å². The zero-order valence-corrected chi connectivity index (χ0v) is 9.45. The van der Waals surface area contributed by atoms with E-state index < -0.39 is 5.97 Å². The minimum Gasteiger partial charge on any atom is -0.423 e. The fourth-order valence-corrected chi connectivity index (χ4v) is 1.73. The Kier molecular flexibility index (Phi) is 2.87. The molecule has 0 aliphatic carbocycles. The van der Waals surface area contributed by atoms with Gasteiger partial charge in [0, 0.05) is 0 Å². The summed E-state index contributed by atoms with van der Waals surface area (Å²) < 4.78 is 9.04. The van der Waals surface area contributed by atoms with Crippen LogP contribution in [-0.4, -0.2) is 10.3 Å². The number of aryl methyl sites for hydroxylation is 1. The summed E-state index contributed by atoms with van der Waals surface area (Å²) in [4.78, 5) is 11.7. The molecule has 5 heteroatoms. The van der Waals surface area contributed by atoms with Crippen molar-refractivity contribution in [3.63, 3.8) is 0 Å². The van der Waals surface area contributed by atoms with E-state index in [1.807, 2.05) is 25.1 Å². The zero-order valence-electron chi connectivity index (χ0n) is 8.64. The lowest BCUT2D eigenvalue weighted by atomic mass is 10.2. The molecule has 2 aromatic rings. The molecule has 2 N–H and O–H groups in total. The van der Waals surface area contributed by atoms with Crippen LogP contribution in [0.1, 0.15) is 15.9 Å². The topological polar surface area (TPSA) is 65.2 Å². The normalized spacial score (nSPS) is 10.1. The fourth-order valence-electron chi connectivity index (χ4n) is 1.23. The lowest BCUT2D eigenvalue weighted by molar-refractivity contribution is 0.0735. The molecule has 0 fully saturated rings. The van der Waals surface area contributed by atoms with Crippen LogP contribution in [0.2, 0.25) is 0 Å². The molecule has 0 saturated carbocycles. The third kappa shape index (κ3) is 2.04. The number of nitrogen functional groups attached to an aromatic ring is 1. The molecule has 1 heterocycles. The van der Waals surface area contributed by atoms with E-state index in [1.165, 1.54) is 6.20 Å². The molecule has 0 unspecified atom stereocenters. The number of nitrogens with zero attached hydrogens (tertiary/aromatic N) is 1. The highest BCUT2D eigenvalue weighted by Crippen LogP contribution is 2.21. The SMILES string of the molecule is Cc1ccccc1OC(=O)c1cnsc1N. The van der Waals surface area contributed by atoms with Crippen LogP contribution < -0.4 is 10.5 Å². The number of carbonyl (C=O) groups excluding carboxylic acids is 1. The largest absolute Gasteiger partial charge is 0.423 e. The molecule has 0 aliphatic heterocycles. The molecule has 4 nitrogen and oxygen atoms in total. The van der Waals surface area contributed by atoms with Gasteiger partial charge in [0.15, 0.2) is 0 Å². The van der Waals surface area contributed by atoms with Gasteiger partial charge in [-0.15, -0.1) is 0 Å². The first kappa shape index (κ1) is 10.6. The van der Waals surface area contributed by atoms with Crippen LogP contribution in [0.15, 0.2) is 30.5 Å². The van der Waals surface area contributed by atoms with Crippen LogP contribution in [-0.2, 0) is 0 Å². The lowest BCUT2D eigenvalue weighted by Crippen LogP contribution is -2.09. The van der Waals surface area contributed by atoms with Crippen LogP contribution in [0.5, 0.6) is 5.75 Å². The Bertz CT molecular complexity index is 522. The average molecular weight is 234 g/mol. The second-order valence-electron chi connectivity index (χ2n) is 3.26. The molecule has 0 aliphatic rings. The summed E-state index contributed by atoms with van der Waals surface area (Å²) in [6.07, 6.45) is 1.42. The summed E-state index contributed by atoms with van der Waals surface area (Å²) >= 11 is 1.07. The lowest BCUT2D eigenvalue weighted by Gasteiger charge is -2.05. The van der Waals surface area contributed by atoms with Crippen LogP contribution >= 0.6 is 11.5 Å². The summed E-state index contributed by atoms with van der Waals surface area (Å²) in [5, 5.41) is 0.374. The van der Waals surface area contributed by atoms with Gasteiger partial charge in [0.25, 0.3) is 0 Å². The molecule has 82 valence electrons. The fraction of sp³-hybridized carbons (Fsp3) is 0.0909.